The summed E-state index contributed by atoms with van der Waals surface area (Å²) in [5.41, 5.74) is 0.611. The van der Waals surface area contributed by atoms with Gasteiger partial charge in [0.1, 0.15) is 0 Å². The Morgan fingerprint density at radius 2 is 1.88 bits per heavy atom. The molecule has 128 valence electrons. The van der Waals surface area contributed by atoms with Crippen molar-refractivity contribution in [2.45, 2.75) is 19.8 Å². The molecule has 1 aromatic heterocycles. The van der Waals surface area contributed by atoms with Crippen molar-refractivity contribution in [3.8, 4) is 0 Å². The van der Waals surface area contributed by atoms with Gasteiger partial charge in [-0.3, -0.25) is 9.59 Å². The summed E-state index contributed by atoms with van der Waals surface area (Å²) in [7, 11) is 0. The fourth-order valence-electron chi connectivity index (χ4n) is 2.48. The number of nitrogens with zero attached hydrogens (tertiary/aromatic N) is 2. The van der Waals surface area contributed by atoms with Crippen LogP contribution in [-0.2, 0) is 16.0 Å². The number of carbonyl (C=O) groups excluding carboxylic acids is 2. The second-order valence-corrected chi connectivity index (χ2v) is 5.58. The molecule has 0 aliphatic heterocycles. The van der Waals surface area contributed by atoms with Crippen LogP contribution in [0.25, 0.3) is 10.8 Å². The minimum atomic E-state index is -0.690. The number of rotatable bonds is 5. The highest BCUT2D eigenvalue weighted by molar-refractivity contribution is 6.40. The normalized spacial score (nSPS) is 10.6. The molecule has 0 aliphatic rings. The first-order chi connectivity index (χ1) is 12.1. The fourth-order valence-corrected chi connectivity index (χ4v) is 2.48. The van der Waals surface area contributed by atoms with Gasteiger partial charge in [0.25, 0.3) is 0 Å². The maximum absolute atomic E-state index is 12.1. The predicted molar refractivity (Wildman–Crippen MR) is 92.9 cm³/mol. The summed E-state index contributed by atoms with van der Waals surface area (Å²) in [6.07, 6.45) is 1.15. The standard InChI is InChI=1S/C18H18N4O3/c1-12-20-16(25-22-12)10-5-11-19-17(23)18(24)21-15-9-4-7-13-6-2-3-8-14(13)15/h2-4,6-9H,5,10-11H2,1H3,(H,19,23)(H,21,24). The molecule has 3 aromatic rings. The van der Waals surface area contributed by atoms with Gasteiger partial charge in [0.05, 0.1) is 0 Å². The summed E-state index contributed by atoms with van der Waals surface area (Å²) in [4.78, 5) is 28.1. The molecule has 0 atom stereocenters. The first kappa shape index (κ1) is 16.6. The van der Waals surface area contributed by atoms with Crippen LogP contribution in [0.15, 0.2) is 47.0 Å². The summed E-state index contributed by atoms with van der Waals surface area (Å²) >= 11 is 0. The van der Waals surface area contributed by atoms with Gasteiger partial charge in [-0.15, -0.1) is 0 Å². The highest BCUT2D eigenvalue weighted by atomic mass is 16.5. The molecule has 0 saturated carbocycles. The monoisotopic (exact) mass is 338 g/mol. The number of carbonyl (C=O) groups is 2. The summed E-state index contributed by atoms with van der Waals surface area (Å²) in [5, 5.41) is 10.8. The summed E-state index contributed by atoms with van der Waals surface area (Å²) < 4.78 is 4.99. The van der Waals surface area contributed by atoms with Crippen molar-refractivity contribution < 1.29 is 14.1 Å². The van der Waals surface area contributed by atoms with Gasteiger partial charge in [-0.1, -0.05) is 41.6 Å². The van der Waals surface area contributed by atoms with Crippen molar-refractivity contribution in [1.29, 1.82) is 0 Å². The molecule has 7 nitrogen and oxygen atoms in total. The van der Waals surface area contributed by atoms with Gasteiger partial charge < -0.3 is 15.2 Å². The zero-order valence-corrected chi connectivity index (χ0v) is 13.8. The predicted octanol–water partition coefficient (Wildman–Crippen LogP) is 2.22. The highest BCUT2D eigenvalue weighted by Gasteiger charge is 2.14. The molecule has 1 heterocycles. The molecular formula is C18H18N4O3. The highest BCUT2D eigenvalue weighted by Crippen LogP contribution is 2.22. The summed E-state index contributed by atoms with van der Waals surface area (Å²) in [5.74, 6) is -0.264. The van der Waals surface area contributed by atoms with Crippen LogP contribution < -0.4 is 10.6 Å². The van der Waals surface area contributed by atoms with E-state index < -0.39 is 11.8 Å². The number of benzene rings is 2. The van der Waals surface area contributed by atoms with Crippen LogP contribution in [0.1, 0.15) is 18.1 Å². The number of fused-ring (bicyclic) bond motifs is 1. The van der Waals surface area contributed by atoms with Crippen LogP contribution in [0.4, 0.5) is 5.69 Å². The van der Waals surface area contributed by atoms with Gasteiger partial charge >= 0.3 is 11.8 Å². The molecular weight excluding hydrogens is 320 g/mol. The first-order valence-corrected chi connectivity index (χ1v) is 7.99. The SMILES string of the molecule is Cc1noc(CCCNC(=O)C(=O)Nc2cccc3ccccc23)n1. The van der Waals surface area contributed by atoms with Crippen LogP contribution in [0.3, 0.4) is 0 Å². The Morgan fingerprint density at radius 1 is 1.08 bits per heavy atom. The molecule has 0 radical (unpaired) electrons. The van der Waals surface area contributed by atoms with E-state index in [9.17, 15) is 9.59 Å². The van der Waals surface area contributed by atoms with E-state index in [2.05, 4.69) is 20.8 Å². The molecule has 0 bridgehead atoms. The third-order valence-corrected chi connectivity index (χ3v) is 3.67. The number of aryl methyl sites for hydroxylation is 2. The topological polar surface area (TPSA) is 97.1 Å². The Bertz CT molecular complexity index is 899. The average molecular weight is 338 g/mol. The fraction of sp³-hybridized carbons (Fsp3) is 0.222. The van der Waals surface area contributed by atoms with Crippen LogP contribution in [0.2, 0.25) is 0 Å². The zero-order chi connectivity index (χ0) is 17.6. The molecule has 0 unspecified atom stereocenters. The number of amides is 2. The van der Waals surface area contributed by atoms with Gasteiger partial charge in [-0.25, -0.2) is 0 Å². The van der Waals surface area contributed by atoms with E-state index in [-0.39, 0.29) is 0 Å². The number of aromatic nitrogens is 2. The first-order valence-electron chi connectivity index (χ1n) is 7.99. The van der Waals surface area contributed by atoms with Crippen LogP contribution >= 0.6 is 0 Å². The van der Waals surface area contributed by atoms with Crippen molar-refractivity contribution in [2.24, 2.45) is 0 Å². The smallest absolute Gasteiger partial charge is 0.313 e. The lowest BCUT2D eigenvalue weighted by atomic mass is 10.1. The lowest BCUT2D eigenvalue weighted by Crippen LogP contribution is -2.36. The van der Waals surface area contributed by atoms with Crippen LogP contribution in [0, 0.1) is 6.92 Å². The van der Waals surface area contributed by atoms with Gasteiger partial charge in [0.2, 0.25) is 5.89 Å². The van der Waals surface area contributed by atoms with Crippen molar-refractivity contribution in [3.05, 3.63) is 54.2 Å². The molecule has 0 spiro atoms. The van der Waals surface area contributed by atoms with E-state index >= 15 is 0 Å². The van der Waals surface area contributed by atoms with Gasteiger partial charge in [0.15, 0.2) is 5.82 Å². The molecule has 0 fully saturated rings. The zero-order valence-electron chi connectivity index (χ0n) is 13.8. The molecule has 0 saturated heterocycles. The number of anilines is 1. The second-order valence-electron chi connectivity index (χ2n) is 5.58. The van der Waals surface area contributed by atoms with Crippen molar-refractivity contribution in [3.63, 3.8) is 0 Å². The number of hydrogen-bond donors (Lipinski definition) is 2. The Kier molecular flexibility index (Phi) is 5.03. The quantitative estimate of drug-likeness (QED) is 0.549. The minimum Gasteiger partial charge on any atom is -0.348 e. The van der Waals surface area contributed by atoms with E-state index in [0.717, 1.165) is 10.8 Å². The molecule has 3 rings (SSSR count). The van der Waals surface area contributed by atoms with Gasteiger partial charge in [-0.05, 0) is 24.8 Å². The lowest BCUT2D eigenvalue weighted by molar-refractivity contribution is -0.136. The third-order valence-electron chi connectivity index (χ3n) is 3.67. The molecule has 2 aromatic carbocycles. The largest absolute Gasteiger partial charge is 0.348 e. The van der Waals surface area contributed by atoms with E-state index in [1.165, 1.54) is 0 Å². The van der Waals surface area contributed by atoms with Crippen molar-refractivity contribution in [1.82, 2.24) is 15.5 Å². The molecule has 2 amide bonds. The Balaban J connectivity index is 1.51. The van der Waals surface area contributed by atoms with Crippen LogP contribution in [-0.4, -0.2) is 28.5 Å². The van der Waals surface area contributed by atoms with E-state index in [4.69, 9.17) is 4.52 Å². The maximum Gasteiger partial charge on any atom is 0.313 e. The molecule has 7 heteroatoms. The summed E-state index contributed by atoms with van der Waals surface area (Å²) in [6.45, 7) is 2.09. The Morgan fingerprint density at radius 3 is 2.68 bits per heavy atom. The Hall–Kier alpha value is -3.22. The molecule has 25 heavy (non-hydrogen) atoms. The molecule has 2 N–H and O–H groups in total. The number of nitrogens with one attached hydrogen (secondary N) is 2. The van der Waals surface area contributed by atoms with E-state index in [1.807, 2.05) is 36.4 Å². The second kappa shape index (κ2) is 7.57. The van der Waals surface area contributed by atoms with Crippen molar-refractivity contribution >= 4 is 28.3 Å². The van der Waals surface area contributed by atoms with Gasteiger partial charge in [-0.2, -0.15) is 4.98 Å². The Labute approximate surface area is 144 Å². The van der Waals surface area contributed by atoms with E-state index in [1.54, 1.807) is 13.0 Å². The lowest BCUT2D eigenvalue weighted by Gasteiger charge is -2.09. The van der Waals surface area contributed by atoms with Gasteiger partial charge in [0, 0.05) is 24.0 Å². The van der Waals surface area contributed by atoms with Crippen molar-refractivity contribution in [2.75, 3.05) is 11.9 Å². The average Bonchev–Trinajstić information content (AvgIpc) is 3.04. The summed E-state index contributed by atoms with van der Waals surface area (Å²) in [6, 6.07) is 13.2. The maximum atomic E-state index is 12.1. The minimum absolute atomic E-state index is 0.350. The van der Waals surface area contributed by atoms with Crippen LogP contribution in [0.5, 0.6) is 0 Å². The third kappa shape index (κ3) is 4.20. The van der Waals surface area contributed by atoms with E-state index in [0.29, 0.717) is 36.8 Å². The molecule has 0 aliphatic carbocycles. The number of hydrogen-bond acceptors (Lipinski definition) is 5.